The summed E-state index contributed by atoms with van der Waals surface area (Å²) in [6.07, 6.45) is -5.76. The summed E-state index contributed by atoms with van der Waals surface area (Å²) >= 11 is 0. The molecule has 0 aliphatic carbocycles. The van der Waals surface area contributed by atoms with Gasteiger partial charge in [0.05, 0.1) is 11.1 Å². The Morgan fingerprint density at radius 1 is 1.30 bits per heavy atom. The van der Waals surface area contributed by atoms with Crippen LogP contribution >= 0.6 is 0 Å². The van der Waals surface area contributed by atoms with Gasteiger partial charge >= 0.3 is 18.1 Å². The molecule has 3 aliphatic rings. The first-order valence-electron chi connectivity index (χ1n) is 10.4. The molecular formula is C20H26F3N6O4+. The highest BCUT2D eigenvalue weighted by Gasteiger charge is 2.78. The minimum atomic E-state index is -4.67. The van der Waals surface area contributed by atoms with E-state index in [4.69, 9.17) is 16.2 Å². The number of carbonyl (C=O) groups is 1. The Morgan fingerprint density at radius 2 is 1.97 bits per heavy atom. The largest absolute Gasteiger partial charge is 0.449 e. The number of guanidine groups is 2. The topological polar surface area (TPSA) is 158 Å². The molecule has 1 spiro atoms. The smallest absolute Gasteiger partial charge is 0.416 e. The van der Waals surface area contributed by atoms with Gasteiger partial charge in [0.1, 0.15) is 18.1 Å². The predicted molar refractivity (Wildman–Crippen MR) is 110 cm³/mol. The van der Waals surface area contributed by atoms with Crippen LogP contribution in [0.2, 0.25) is 0 Å². The van der Waals surface area contributed by atoms with Crippen molar-refractivity contribution >= 4 is 17.9 Å². The van der Waals surface area contributed by atoms with Gasteiger partial charge in [-0.25, -0.2) is 14.4 Å². The van der Waals surface area contributed by atoms with E-state index in [0.717, 1.165) is 6.07 Å². The van der Waals surface area contributed by atoms with Crippen molar-refractivity contribution in [3.63, 3.8) is 0 Å². The number of nitrogens with two attached hydrogens (primary N) is 2. The molecule has 5 atom stereocenters. The number of nitrogens with zero attached hydrogens (tertiary/aromatic N) is 2. The number of benzene rings is 1. The van der Waals surface area contributed by atoms with Crippen LogP contribution in [0.1, 0.15) is 41.8 Å². The Labute approximate surface area is 187 Å². The van der Waals surface area contributed by atoms with Gasteiger partial charge in [-0.2, -0.15) is 13.2 Å². The maximum absolute atomic E-state index is 13.2. The third-order valence-electron chi connectivity index (χ3n) is 6.50. The van der Waals surface area contributed by atoms with Gasteiger partial charge in [0.25, 0.3) is 5.79 Å². The van der Waals surface area contributed by atoms with E-state index in [1.54, 1.807) is 6.92 Å². The molecule has 33 heavy (non-hydrogen) atoms. The van der Waals surface area contributed by atoms with E-state index in [9.17, 15) is 28.2 Å². The quantitative estimate of drug-likeness (QED) is 0.192. The van der Waals surface area contributed by atoms with E-state index in [2.05, 4.69) is 15.6 Å². The minimum Gasteiger partial charge on any atom is -0.449 e. The zero-order valence-corrected chi connectivity index (χ0v) is 18.1. The minimum absolute atomic E-state index is 0.0555. The molecule has 0 unspecified atom stereocenters. The van der Waals surface area contributed by atoms with Gasteiger partial charge in [-0.1, -0.05) is 6.92 Å². The molecule has 1 aromatic rings. The molecule has 1 fully saturated rings. The first-order chi connectivity index (χ1) is 15.2. The third kappa shape index (κ3) is 3.21. The summed E-state index contributed by atoms with van der Waals surface area (Å²) in [6, 6.07) is 0.650. The van der Waals surface area contributed by atoms with Crippen LogP contribution in [0.3, 0.4) is 0 Å². The van der Waals surface area contributed by atoms with Gasteiger partial charge in [0.15, 0.2) is 12.1 Å². The monoisotopic (exact) mass is 471 g/mol. The van der Waals surface area contributed by atoms with E-state index in [-0.39, 0.29) is 23.0 Å². The molecule has 0 bridgehead atoms. The predicted octanol–water partition coefficient (Wildman–Crippen LogP) is -0.686. The van der Waals surface area contributed by atoms with Crippen LogP contribution in [0.25, 0.3) is 0 Å². The van der Waals surface area contributed by atoms with Crippen molar-refractivity contribution in [2.75, 3.05) is 0 Å². The van der Waals surface area contributed by atoms with E-state index in [0.29, 0.717) is 12.5 Å². The van der Waals surface area contributed by atoms with Crippen molar-refractivity contribution in [3.05, 3.63) is 34.9 Å². The number of aliphatic hydroxyl groups is 2. The molecule has 1 aromatic carbocycles. The molecule has 0 aromatic heterocycles. The third-order valence-corrected chi connectivity index (χ3v) is 6.50. The van der Waals surface area contributed by atoms with E-state index < -0.39 is 53.4 Å². The van der Waals surface area contributed by atoms with Gasteiger partial charge in [-0.15, -0.1) is 0 Å². The van der Waals surface area contributed by atoms with Crippen LogP contribution in [0.5, 0.6) is 0 Å². The average Bonchev–Trinajstić information content (AvgIpc) is 3.14. The average molecular weight is 471 g/mol. The zero-order chi connectivity index (χ0) is 24.5. The molecule has 8 N–H and O–H groups in total. The van der Waals surface area contributed by atoms with Crippen molar-refractivity contribution < 1.29 is 37.5 Å². The maximum Gasteiger partial charge on any atom is 0.416 e. The van der Waals surface area contributed by atoms with E-state index in [1.807, 2.05) is 6.92 Å². The number of nitrogens with one attached hydrogen (secondary N) is 2. The Kier molecular flexibility index (Phi) is 5.06. The molecule has 0 saturated carbocycles. The number of rotatable bonds is 3. The van der Waals surface area contributed by atoms with Crippen molar-refractivity contribution in [2.24, 2.45) is 16.5 Å². The Bertz CT molecular complexity index is 1070. The SMILES string of the molecule is CC[C@@H]1NC(N)=[N+]2[C@@H](C)[C@H](OC(=O)c3cc(C)cc(C(F)(F)F)c3)C(O)(O)[C@@]23NC(N)=N[C@@H]13. The standard InChI is InChI=1S/C20H25F3N6O4/c1-4-12-13-18(28-16(24)27-13)19(31,32)14(9(3)29(18)17(25)26-12)33-15(30)10-5-8(2)6-11(7-10)20(21,22)23/h5-7,9,12-14,31-32H,4H2,1-3H3,(H5,24,25,26,27,28)/p+1/t9-,12-,13-,14-,18-/m0/s1. The first-order valence-corrected chi connectivity index (χ1v) is 10.4. The molecule has 180 valence electrons. The van der Waals surface area contributed by atoms with E-state index in [1.165, 1.54) is 17.6 Å². The van der Waals surface area contributed by atoms with Crippen molar-refractivity contribution in [1.82, 2.24) is 10.6 Å². The molecule has 0 amide bonds. The van der Waals surface area contributed by atoms with Crippen LogP contribution in [-0.2, 0) is 10.9 Å². The van der Waals surface area contributed by atoms with Crippen molar-refractivity contribution in [1.29, 1.82) is 0 Å². The number of ether oxygens (including phenoxy) is 1. The summed E-state index contributed by atoms with van der Waals surface area (Å²) < 4.78 is 46.4. The first kappa shape index (κ1) is 23.1. The summed E-state index contributed by atoms with van der Waals surface area (Å²) in [6.45, 7) is 4.80. The number of aliphatic imine (C=N–C) groups is 1. The van der Waals surface area contributed by atoms with Gasteiger partial charge < -0.3 is 26.0 Å². The van der Waals surface area contributed by atoms with Crippen LogP contribution in [-0.4, -0.2) is 68.4 Å². The Morgan fingerprint density at radius 3 is 2.58 bits per heavy atom. The summed E-state index contributed by atoms with van der Waals surface area (Å²) in [5.74, 6) is -3.87. The Hall–Kier alpha value is -3.06. The maximum atomic E-state index is 13.2. The van der Waals surface area contributed by atoms with Crippen molar-refractivity contribution in [2.45, 2.75) is 69.0 Å². The lowest BCUT2D eigenvalue weighted by Gasteiger charge is -2.43. The summed E-state index contributed by atoms with van der Waals surface area (Å²) in [4.78, 5) is 17.2. The van der Waals surface area contributed by atoms with Gasteiger partial charge in [-0.3, -0.25) is 11.1 Å². The Balaban J connectivity index is 1.74. The zero-order valence-electron chi connectivity index (χ0n) is 18.1. The highest BCUT2D eigenvalue weighted by atomic mass is 19.4. The highest BCUT2D eigenvalue weighted by molar-refractivity contribution is 5.90. The normalized spacial score (nSPS) is 32.4. The summed E-state index contributed by atoms with van der Waals surface area (Å²) in [5.41, 5.74) is 9.13. The molecule has 3 aliphatic heterocycles. The van der Waals surface area contributed by atoms with Crippen molar-refractivity contribution in [3.8, 4) is 0 Å². The molecular weight excluding hydrogens is 445 g/mol. The highest BCUT2D eigenvalue weighted by Crippen LogP contribution is 2.46. The number of esters is 1. The lowest BCUT2D eigenvalue weighted by Crippen LogP contribution is -2.78. The molecule has 10 nitrogen and oxygen atoms in total. The lowest BCUT2D eigenvalue weighted by molar-refractivity contribution is -0.646. The van der Waals surface area contributed by atoms with Gasteiger partial charge in [-0.05, 0) is 44.0 Å². The molecule has 0 radical (unpaired) electrons. The van der Waals surface area contributed by atoms with Gasteiger partial charge in [0.2, 0.25) is 5.66 Å². The van der Waals surface area contributed by atoms with Crippen LogP contribution in [0.4, 0.5) is 13.2 Å². The molecule has 13 heteroatoms. The molecule has 1 saturated heterocycles. The second-order valence-corrected chi connectivity index (χ2v) is 8.64. The second-order valence-electron chi connectivity index (χ2n) is 8.64. The lowest BCUT2D eigenvalue weighted by atomic mass is 9.85. The summed E-state index contributed by atoms with van der Waals surface area (Å²) in [7, 11) is 0. The fourth-order valence-electron chi connectivity index (χ4n) is 5.13. The van der Waals surface area contributed by atoms with E-state index >= 15 is 0 Å². The number of aryl methyl sites for hydroxylation is 1. The summed E-state index contributed by atoms with van der Waals surface area (Å²) in [5, 5.41) is 28.5. The fraction of sp³-hybridized carbons (Fsp3) is 0.550. The van der Waals surface area contributed by atoms with Gasteiger partial charge in [0, 0.05) is 0 Å². The second kappa shape index (κ2) is 7.22. The molecule has 3 heterocycles. The van der Waals surface area contributed by atoms with Crippen LogP contribution in [0, 0.1) is 6.92 Å². The van der Waals surface area contributed by atoms with Crippen LogP contribution in [0.15, 0.2) is 23.2 Å². The van der Waals surface area contributed by atoms with Crippen LogP contribution < -0.4 is 22.1 Å². The number of alkyl halides is 3. The number of hydrogen-bond acceptors (Lipinski definition) is 9. The molecule has 4 rings (SSSR count). The number of halogens is 3. The number of hydrogen-bond donors (Lipinski definition) is 6. The number of carbonyl (C=O) groups excluding carboxylic acids is 1. The fourth-order valence-corrected chi connectivity index (χ4v) is 5.13.